The third-order valence-electron chi connectivity index (χ3n) is 3.70. The van der Waals surface area contributed by atoms with Gasteiger partial charge >= 0.3 is 11.9 Å². The Hall–Kier alpha value is -2.52. The maximum absolute atomic E-state index is 12.4. The molecular weight excluding hydrogens is 346 g/mol. The van der Waals surface area contributed by atoms with E-state index in [4.69, 9.17) is 10.8 Å². The van der Waals surface area contributed by atoms with Crippen molar-refractivity contribution < 1.29 is 24.6 Å². The van der Waals surface area contributed by atoms with Gasteiger partial charge in [-0.05, 0) is 18.1 Å². The van der Waals surface area contributed by atoms with E-state index in [-0.39, 0.29) is 5.70 Å². The summed E-state index contributed by atoms with van der Waals surface area (Å²) < 4.78 is 0. The highest BCUT2D eigenvalue weighted by molar-refractivity contribution is 8.00. The Morgan fingerprint density at radius 2 is 1.92 bits per heavy atom. The maximum atomic E-state index is 12.4. The molecule has 1 aromatic rings. The second kappa shape index (κ2) is 8.04. The number of carboxylic acids is 2. The van der Waals surface area contributed by atoms with Gasteiger partial charge in [0.05, 0.1) is 5.37 Å². The Bertz CT molecular complexity index is 707. The van der Waals surface area contributed by atoms with E-state index in [0.717, 1.165) is 0 Å². The van der Waals surface area contributed by atoms with Crippen molar-refractivity contribution in [1.29, 1.82) is 0 Å². The molecule has 0 saturated carbocycles. The largest absolute Gasteiger partial charge is 0.479 e. The van der Waals surface area contributed by atoms with Crippen LogP contribution in [0.1, 0.15) is 18.5 Å². The van der Waals surface area contributed by atoms with Crippen LogP contribution in [0.15, 0.2) is 41.6 Å². The molecule has 1 heterocycles. The van der Waals surface area contributed by atoms with E-state index in [1.54, 1.807) is 37.3 Å². The molecule has 2 rings (SSSR count). The third-order valence-corrected chi connectivity index (χ3v) is 5.07. The number of carboxylic acid groups (broad SMARTS) is 2. The third kappa shape index (κ3) is 4.52. The fraction of sp³-hybridized carbons (Fsp3) is 0.312. The molecule has 0 aliphatic carbocycles. The van der Waals surface area contributed by atoms with Crippen molar-refractivity contribution in [2.45, 2.75) is 24.4 Å². The summed E-state index contributed by atoms with van der Waals surface area (Å²) in [4.78, 5) is 35.0. The molecule has 1 aliphatic heterocycles. The van der Waals surface area contributed by atoms with E-state index >= 15 is 0 Å². The number of benzene rings is 1. The summed E-state index contributed by atoms with van der Waals surface area (Å²) >= 11 is 1.29. The van der Waals surface area contributed by atoms with Crippen LogP contribution >= 0.6 is 11.8 Å². The van der Waals surface area contributed by atoms with Gasteiger partial charge in [0.2, 0.25) is 5.91 Å². The van der Waals surface area contributed by atoms with Crippen molar-refractivity contribution in [3.05, 3.63) is 47.2 Å². The highest BCUT2D eigenvalue weighted by Crippen LogP contribution is 2.24. The van der Waals surface area contributed by atoms with Gasteiger partial charge in [0.1, 0.15) is 11.7 Å². The van der Waals surface area contributed by atoms with Gasteiger partial charge in [0.15, 0.2) is 6.04 Å². The number of nitrogens with two attached hydrogens (primary N) is 1. The SMILES string of the molecule is CC1=C(C(=O)O)N[C@@H]([C@@H](N)C(=O)N[C@H](C(=O)O)c2ccccc2)SC1. The number of rotatable bonds is 6. The van der Waals surface area contributed by atoms with E-state index < -0.39 is 35.3 Å². The maximum Gasteiger partial charge on any atom is 0.351 e. The number of amides is 1. The van der Waals surface area contributed by atoms with Gasteiger partial charge < -0.3 is 26.6 Å². The van der Waals surface area contributed by atoms with Crippen molar-refractivity contribution in [3.63, 3.8) is 0 Å². The summed E-state index contributed by atoms with van der Waals surface area (Å²) in [5, 5.41) is 23.0. The molecule has 0 fully saturated rings. The van der Waals surface area contributed by atoms with Crippen LogP contribution in [0.2, 0.25) is 0 Å². The van der Waals surface area contributed by atoms with Gasteiger partial charge in [-0.15, -0.1) is 11.8 Å². The first-order valence-corrected chi connectivity index (χ1v) is 8.51. The van der Waals surface area contributed by atoms with Gasteiger partial charge in [-0.2, -0.15) is 0 Å². The molecule has 9 heteroatoms. The fourth-order valence-electron chi connectivity index (χ4n) is 2.34. The first-order chi connectivity index (χ1) is 11.8. The Labute approximate surface area is 148 Å². The van der Waals surface area contributed by atoms with Gasteiger partial charge in [-0.25, -0.2) is 9.59 Å². The molecule has 3 atom stereocenters. The predicted octanol–water partition coefficient (Wildman–Crippen LogP) is 0.277. The molecule has 1 aliphatic rings. The summed E-state index contributed by atoms with van der Waals surface area (Å²) in [5.74, 6) is -2.59. The summed E-state index contributed by atoms with van der Waals surface area (Å²) in [6.45, 7) is 1.68. The lowest BCUT2D eigenvalue weighted by atomic mass is 10.1. The smallest absolute Gasteiger partial charge is 0.351 e. The Morgan fingerprint density at radius 1 is 1.28 bits per heavy atom. The monoisotopic (exact) mass is 365 g/mol. The van der Waals surface area contributed by atoms with E-state index in [1.165, 1.54) is 11.8 Å². The highest BCUT2D eigenvalue weighted by atomic mass is 32.2. The van der Waals surface area contributed by atoms with Crippen LogP contribution in [-0.2, 0) is 14.4 Å². The minimum atomic E-state index is -1.23. The van der Waals surface area contributed by atoms with Gasteiger partial charge in [-0.1, -0.05) is 30.3 Å². The van der Waals surface area contributed by atoms with E-state index in [9.17, 15) is 19.5 Å². The normalized spacial score (nSPS) is 19.5. The van der Waals surface area contributed by atoms with Crippen LogP contribution in [0, 0.1) is 0 Å². The molecule has 8 nitrogen and oxygen atoms in total. The van der Waals surface area contributed by atoms with Crippen molar-refractivity contribution in [2.75, 3.05) is 5.75 Å². The molecule has 0 saturated heterocycles. The highest BCUT2D eigenvalue weighted by Gasteiger charge is 2.33. The van der Waals surface area contributed by atoms with Gasteiger partial charge in [0.25, 0.3) is 0 Å². The molecule has 25 heavy (non-hydrogen) atoms. The molecule has 1 amide bonds. The lowest BCUT2D eigenvalue weighted by molar-refractivity contribution is -0.142. The zero-order valence-electron chi connectivity index (χ0n) is 13.4. The lowest BCUT2D eigenvalue weighted by Gasteiger charge is -2.30. The number of carbonyl (C=O) groups excluding carboxylic acids is 1. The number of carbonyl (C=O) groups is 3. The fourth-order valence-corrected chi connectivity index (χ4v) is 3.45. The molecule has 0 bridgehead atoms. The zero-order chi connectivity index (χ0) is 18.6. The topological polar surface area (TPSA) is 142 Å². The van der Waals surface area contributed by atoms with Gasteiger partial charge in [0, 0.05) is 5.75 Å². The van der Waals surface area contributed by atoms with Crippen LogP contribution in [-0.4, -0.2) is 45.2 Å². The average molecular weight is 365 g/mol. The Morgan fingerprint density at radius 3 is 2.48 bits per heavy atom. The molecule has 134 valence electrons. The Kier molecular flexibility index (Phi) is 6.05. The molecule has 0 unspecified atom stereocenters. The van der Waals surface area contributed by atoms with Crippen molar-refractivity contribution >= 4 is 29.6 Å². The second-order valence-corrected chi connectivity index (χ2v) is 6.68. The predicted molar refractivity (Wildman–Crippen MR) is 92.7 cm³/mol. The van der Waals surface area contributed by atoms with E-state index in [1.807, 2.05) is 0 Å². The zero-order valence-corrected chi connectivity index (χ0v) is 14.2. The van der Waals surface area contributed by atoms with Crippen LogP contribution < -0.4 is 16.4 Å². The summed E-state index contributed by atoms with van der Waals surface area (Å²) in [5.41, 5.74) is 7.01. The number of thioether (sulfide) groups is 1. The standard InChI is InChI=1S/C16H19N3O5S/c1-8-7-25-14(19-11(8)15(21)22)10(17)13(20)18-12(16(23)24)9-5-3-2-4-6-9/h2-6,10,12,14,19H,7,17H2,1H3,(H,18,20)(H,21,22)(H,23,24)/t10-,12-,14+/m0/s1. The van der Waals surface area contributed by atoms with Crippen molar-refractivity contribution in [2.24, 2.45) is 5.73 Å². The van der Waals surface area contributed by atoms with Crippen molar-refractivity contribution in [3.8, 4) is 0 Å². The van der Waals surface area contributed by atoms with Crippen LogP contribution in [0.3, 0.4) is 0 Å². The summed E-state index contributed by atoms with van der Waals surface area (Å²) in [6.07, 6.45) is 0. The van der Waals surface area contributed by atoms with Gasteiger partial charge in [-0.3, -0.25) is 4.79 Å². The second-order valence-electron chi connectivity index (χ2n) is 5.55. The molecule has 0 radical (unpaired) electrons. The number of nitrogens with one attached hydrogen (secondary N) is 2. The molecule has 6 N–H and O–H groups in total. The molecule has 1 aromatic carbocycles. The molecule has 0 spiro atoms. The minimum Gasteiger partial charge on any atom is -0.479 e. The van der Waals surface area contributed by atoms with Crippen molar-refractivity contribution in [1.82, 2.24) is 10.6 Å². The van der Waals surface area contributed by atoms with Crippen LogP contribution in [0.5, 0.6) is 0 Å². The average Bonchev–Trinajstić information content (AvgIpc) is 2.59. The first kappa shape index (κ1) is 18.8. The lowest BCUT2D eigenvalue weighted by Crippen LogP contribution is -2.55. The molecular formula is C16H19N3O5S. The van der Waals surface area contributed by atoms with E-state index in [2.05, 4.69) is 10.6 Å². The summed E-state index contributed by atoms with van der Waals surface area (Å²) in [6, 6.07) is 5.91. The number of aliphatic carboxylic acids is 2. The first-order valence-electron chi connectivity index (χ1n) is 7.46. The minimum absolute atomic E-state index is 0.0184. The van der Waals surface area contributed by atoms with E-state index in [0.29, 0.717) is 16.9 Å². The summed E-state index contributed by atoms with van der Waals surface area (Å²) in [7, 11) is 0. The number of hydrogen-bond donors (Lipinski definition) is 5. The quantitative estimate of drug-likeness (QED) is 0.484. The van der Waals surface area contributed by atoms with Crippen LogP contribution in [0.25, 0.3) is 0 Å². The van der Waals surface area contributed by atoms with Crippen LogP contribution in [0.4, 0.5) is 0 Å². The molecule has 0 aromatic heterocycles. The Balaban J connectivity index is 2.09. The number of hydrogen-bond acceptors (Lipinski definition) is 6.